The first kappa shape index (κ1) is 15.9. The fraction of sp³-hybridized carbons (Fsp3) is 0.167. The van der Waals surface area contributed by atoms with Crippen LogP contribution in [0.1, 0.15) is 21.3 Å². The molecule has 0 fully saturated rings. The van der Waals surface area contributed by atoms with Crippen molar-refractivity contribution in [1.82, 2.24) is 4.98 Å². The van der Waals surface area contributed by atoms with Crippen LogP contribution in [-0.2, 0) is 16.6 Å². The molecular weight excluding hydrogens is 326 g/mol. The summed E-state index contributed by atoms with van der Waals surface area (Å²) in [6, 6.07) is 17.8. The van der Waals surface area contributed by atoms with E-state index in [9.17, 15) is 4.21 Å². The molecule has 0 unspecified atom stereocenters. The lowest BCUT2D eigenvalue weighted by Crippen LogP contribution is -2.10. The number of rotatable bonds is 6. The van der Waals surface area contributed by atoms with Crippen molar-refractivity contribution in [2.75, 3.05) is 7.11 Å². The van der Waals surface area contributed by atoms with Crippen molar-refractivity contribution in [1.29, 1.82) is 0 Å². The second-order valence-corrected chi connectivity index (χ2v) is 7.55. The van der Waals surface area contributed by atoms with Gasteiger partial charge >= 0.3 is 0 Å². The molecule has 1 aromatic heterocycles. The van der Waals surface area contributed by atoms with Gasteiger partial charge in [0.05, 0.1) is 23.6 Å². The number of benzene rings is 2. The van der Waals surface area contributed by atoms with Gasteiger partial charge in [-0.1, -0.05) is 42.5 Å². The molecule has 0 radical (unpaired) electrons. The Morgan fingerprint density at radius 3 is 2.39 bits per heavy atom. The lowest BCUT2D eigenvalue weighted by Gasteiger charge is -2.17. The first-order chi connectivity index (χ1) is 11.3. The second kappa shape index (κ2) is 7.53. The Balaban J connectivity index is 1.94. The van der Waals surface area contributed by atoms with Crippen molar-refractivity contribution in [2.24, 2.45) is 0 Å². The monoisotopic (exact) mass is 343 g/mol. The van der Waals surface area contributed by atoms with E-state index in [2.05, 4.69) is 4.98 Å². The average Bonchev–Trinajstić information content (AvgIpc) is 3.10. The maximum absolute atomic E-state index is 13.0. The summed E-state index contributed by atoms with van der Waals surface area (Å²) >= 11 is 1.54. The largest absolute Gasteiger partial charge is 0.497 e. The fourth-order valence-corrected chi connectivity index (χ4v) is 4.88. The van der Waals surface area contributed by atoms with Crippen molar-refractivity contribution < 1.29 is 8.95 Å². The van der Waals surface area contributed by atoms with E-state index in [1.54, 1.807) is 30.2 Å². The SMILES string of the molecule is COc1ccc([C@@H](c2ccccc2)[S@](=O)Cc2cncs2)cc1. The van der Waals surface area contributed by atoms with Crippen LogP contribution in [0.3, 0.4) is 0 Å². The smallest absolute Gasteiger partial charge is 0.118 e. The zero-order valence-corrected chi connectivity index (χ0v) is 14.3. The molecule has 0 saturated carbocycles. The molecule has 2 atom stereocenters. The van der Waals surface area contributed by atoms with Crippen LogP contribution in [0.5, 0.6) is 5.75 Å². The van der Waals surface area contributed by atoms with Crippen LogP contribution in [0.4, 0.5) is 0 Å². The van der Waals surface area contributed by atoms with Crippen molar-refractivity contribution in [2.45, 2.75) is 11.0 Å². The summed E-state index contributed by atoms with van der Waals surface area (Å²) in [4.78, 5) is 5.11. The first-order valence-electron chi connectivity index (χ1n) is 7.21. The van der Waals surface area contributed by atoms with Gasteiger partial charge in [-0.2, -0.15) is 0 Å². The Labute approximate surface area is 142 Å². The van der Waals surface area contributed by atoms with E-state index in [0.717, 1.165) is 21.8 Å². The van der Waals surface area contributed by atoms with Crippen LogP contribution in [0.2, 0.25) is 0 Å². The molecule has 0 amide bonds. The van der Waals surface area contributed by atoms with Crippen molar-refractivity contribution >= 4 is 22.1 Å². The Morgan fingerprint density at radius 2 is 1.78 bits per heavy atom. The van der Waals surface area contributed by atoms with Crippen LogP contribution in [0.25, 0.3) is 0 Å². The molecule has 3 nitrogen and oxygen atoms in total. The molecule has 0 N–H and O–H groups in total. The molecule has 5 heteroatoms. The van der Waals surface area contributed by atoms with Gasteiger partial charge < -0.3 is 4.74 Å². The normalized spacial score (nSPS) is 13.4. The van der Waals surface area contributed by atoms with Gasteiger partial charge in [-0.25, -0.2) is 0 Å². The van der Waals surface area contributed by atoms with E-state index < -0.39 is 10.8 Å². The Hall–Kier alpha value is -1.98. The van der Waals surface area contributed by atoms with Crippen LogP contribution >= 0.6 is 11.3 Å². The molecule has 0 spiro atoms. The van der Waals surface area contributed by atoms with E-state index in [1.165, 1.54) is 0 Å². The highest BCUT2D eigenvalue weighted by Crippen LogP contribution is 2.31. The molecule has 0 bridgehead atoms. The Bertz CT molecular complexity index is 755. The van der Waals surface area contributed by atoms with Crippen LogP contribution < -0.4 is 4.74 Å². The zero-order chi connectivity index (χ0) is 16.1. The van der Waals surface area contributed by atoms with E-state index >= 15 is 0 Å². The highest BCUT2D eigenvalue weighted by Gasteiger charge is 2.22. The Morgan fingerprint density at radius 1 is 1.09 bits per heavy atom. The quantitative estimate of drug-likeness (QED) is 0.674. The van der Waals surface area contributed by atoms with Gasteiger partial charge in [-0.05, 0) is 23.3 Å². The molecule has 2 aromatic carbocycles. The molecule has 0 saturated heterocycles. The molecule has 118 valence electrons. The predicted molar refractivity (Wildman–Crippen MR) is 95.2 cm³/mol. The van der Waals surface area contributed by atoms with Gasteiger partial charge in [0.25, 0.3) is 0 Å². The van der Waals surface area contributed by atoms with E-state index in [0.29, 0.717) is 5.75 Å². The minimum Gasteiger partial charge on any atom is -0.497 e. The summed E-state index contributed by atoms with van der Waals surface area (Å²) < 4.78 is 18.2. The summed E-state index contributed by atoms with van der Waals surface area (Å²) in [5.41, 5.74) is 3.86. The second-order valence-electron chi connectivity index (χ2n) is 5.06. The lowest BCUT2D eigenvalue weighted by molar-refractivity contribution is 0.414. The maximum atomic E-state index is 13.0. The third-order valence-electron chi connectivity index (χ3n) is 3.55. The van der Waals surface area contributed by atoms with Gasteiger partial charge in [0.15, 0.2) is 0 Å². The number of ether oxygens (including phenoxy) is 1. The van der Waals surface area contributed by atoms with E-state index in [1.807, 2.05) is 54.6 Å². The first-order valence-corrected chi connectivity index (χ1v) is 9.47. The van der Waals surface area contributed by atoms with Crippen LogP contribution in [0.15, 0.2) is 66.3 Å². The number of hydrogen-bond acceptors (Lipinski definition) is 4. The summed E-state index contributed by atoms with van der Waals surface area (Å²) in [5, 5.41) is -0.163. The minimum atomic E-state index is -1.07. The molecule has 1 heterocycles. The minimum absolute atomic E-state index is 0.163. The molecule has 0 aliphatic rings. The van der Waals surface area contributed by atoms with Gasteiger partial charge in [0.1, 0.15) is 5.75 Å². The van der Waals surface area contributed by atoms with E-state index in [4.69, 9.17) is 4.74 Å². The number of aromatic nitrogens is 1. The summed E-state index contributed by atoms with van der Waals surface area (Å²) in [6.07, 6.45) is 1.79. The number of methoxy groups -OCH3 is 1. The highest BCUT2D eigenvalue weighted by atomic mass is 32.2. The van der Waals surface area contributed by atoms with Crippen LogP contribution in [-0.4, -0.2) is 16.3 Å². The molecule has 3 aromatic rings. The average molecular weight is 343 g/mol. The topological polar surface area (TPSA) is 39.2 Å². The third kappa shape index (κ3) is 3.86. The fourth-order valence-electron chi connectivity index (χ4n) is 2.44. The Kier molecular flexibility index (Phi) is 5.20. The van der Waals surface area contributed by atoms with Crippen molar-refractivity contribution in [3.63, 3.8) is 0 Å². The van der Waals surface area contributed by atoms with Crippen LogP contribution in [0, 0.1) is 0 Å². The summed E-state index contributed by atoms with van der Waals surface area (Å²) in [5.74, 6) is 1.31. The molecule has 0 aliphatic carbocycles. The van der Waals surface area contributed by atoms with Crippen molar-refractivity contribution in [3.05, 3.63) is 82.3 Å². The highest BCUT2D eigenvalue weighted by molar-refractivity contribution is 7.84. The molecule has 3 rings (SSSR count). The van der Waals surface area contributed by atoms with E-state index in [-0.39, 0.29) is 5.25 Å². The standard InChI is InChI=1S/C18H17NO2S2/c1-21-16-9-7-15(8-10-16)18(14-5-3-2-4-6-14)23(20)12-17-11-19-13-22-17/h2-11,13,18H,12H2,1H3/t18-,23-/m1/s1. The summed E-state index contributed by atoms with van der Waals surface area (Å²) in [6.45, 7) is 0. The number of nitrogens with zero attached hydrogens (tertiary/aromatic N) is 1. The van der Waals surface area contributed by atoms with Gasteiger partial charge in [0, 0.05) is 21.9 Å². The maximum Gasteiger partial charge on any atom is 0.118 e. The third-order valence-corrected chi connectivity index (χ3v) is 6.18. The molecule has 23 heavy (non-hydrogen) atoms. The number of hydrogen-bond donors (Lipinski definition) is 0. The van der Waals surface area contributed by atoms with Gasteiger partial charge in [-0.3, -0.25) is 9.19 Å². The summed E-state index contributed by atoms with van der Waals surface area (Å²) in [7, 11) is 0.576. The zero-order valence-electron chi connectivity index (χ0n) is 12.7. The lowest BCUT2D eigenvalue weighted by atomic mass is 10.0. The van der Waals surface area contributed by atoms with Gasteiger partial charge in [-0.15, -0.1) is 11.3 Å². The predicted octanol–water partition coefficient (Wildman–Crippen LogP) is 4.19. The van der Waals surface area contributed by atoms with Gasteiger partial charge in [0.2, 0.25) is 0 Å². The molecular formula is C18H17NO2S2. The van der Waals surface area contributed by atoms with Crippen molar-refractivity contribution in [3.8, 4) is 5.75 Å². The number of thiazole rings is 1. The molecule has 0 aliphatic heterocycles.